The van der Waals surface area contributed by atoms with Crippen LogP contribution in [0.3, 0.4) is 0 Å². The Morgan fingerprint density at radius 1 is 1.16 bits per heavy atom. The number of H-pyrrole nitrogens is 1. The van der Waals surface area contributed by atoms with Gasteiger partial charge >= 0.3 is 11.7 Å². The number of halogens is 1. The van der Waals surface area contributed by atoms with Gasteiger partial charge in [0, 0.05) is 6.92 Å². The maximum Gasteiger partial charge on any atom is 0.411 e. The van der Waals surface area contributed by atoms with E-state index in [0.717, 1.165) is 5.52 Å². The number of carbonyl (C=O) groups is 1. The van der Waals surface area contributed by atoms with Crippen molar-refractivity contribution in [1.82, 2.24) is 4.57 Å². The van der Waals surface area contributed by atoms with Crippen molar-refractivity contribution in [3.63, 3.8) is 0 Å². The number of nitrogens with zero attached hydrogens (tertiary/aromatic N) is 1. The number of hydrogen-bond donors (Lipinski definition) is 1. The van der Waals surface area contributed by atoms with Crippen molar-refractivity contribution in [1.29, 1.82) is 0 Å². The molecule has 130 valence electrons. The van der Waals surface area contributed by atoms with Crippen LogP contribution in [-0.4, -0.2) is 17.3 Å². The molecule has 3 rings (SSSR count). The van der Waals surface area contributed by atoms with Gasteiger partial charge < -0.3 is 17.1 Å². The number of fused-ring (bicyclic) bond motifs is 1. The van der Waals surface area contributed by atoms with E-state index < -0.39 is 6.09 Å². The quantitative estimate of drug-likeness (QED) is 0.697. The number of aromatic amines is 1. The third-order valence-electron chi connectivity index (χ3n) is 3.67. The number of benzene rings is 2. The molecule has 0 aliphatic rings. The van der Waals surface area contributed by atoms with Crippen LogP contribution in [0.2, 0.25) is 0 Å². The van der Waals surface area contributed by atoms with Gasteiger partial charge in [0.1, 0.15) is 10.9 Å². The number of rotatable bonds is 3. The molecule has 2 aromatic carbocycles. The molecule has 0 saturated heterocycles. The highest BCUT2D eigenvalue weighted by molar-refractivity contribution is 5.87. The maximum absolute atomic E-state index is 12.9. The predicted octanol–water partition coefficient (Wildman–Crippen LogP) is -0.314. The fourth-order valence-electron chi connectivity index (χ4n) is 2.64. The third-order valence-corrected chi connectivity index (χ3v) is 3.67. The van der Waals surface area contributed by atoms with E-state index in [4.69, 9.17) is 4.74 Å². The van der Waals surface area contributed by atoms with E-state index in [2.05, 4.69) is 10.3 Å². The number of amides is 1. The molecule has 6 nitrogen and oxygen atoms in total. The molecule has 1 amide bonds. The van der Waals surface area contributed by atoms with Crippen LogP contribution >= 0.6 is 0 Å². The smallest absolute Gasteiger partial charge is 0.411 e. The van der Waals surface area contributed by atoms with Gasteiger partial charge in [-0.05, 0) is 31.2 Å². The van der Waals surface area contributed by atoms with Crippen molar-refractivity contribution in [3.05, 3.63) is 64.7 Å². The minimum atomic E-state index is -0.555. The van der Waals surface area contributed by atoms with Crippen LogP contribution < -0.4 is 28.3 Å². The second-order valence-corrected chi connectivity index (χ2v) is 5.26. The number of anilines is 1. The molecule has 0 saturated carbocycles. The van der Waals surface area contributed by atoms with Crippen molar-refractivity contribution < 1.29 is 26.9 Å². The molecular weight excluding hydrogens is 342 g/mol. The van der Waals surface area contributed by atoms with E-state index in [1.54, 1.807) is 35.8 Å². The number of ether oxygens (including phenoxy) is 1. The van der Waals surface area contributed by atoms with Gasteiger partial charge in [-0.25, -0.2) is 14.6 Å². The number of aromatic nitrogens is 2. The average Bonchev–Trinajstić information content (AvgIpc) is 2.56. The van der Waals surface area contributed by atoms with Crippen molar-refractivity contribution >= 4 is 22.7 Å². The predicted molar refractivity (Wildman–Crippen MR) is 91.5 cm³/mol. The molecular formula is C18H18ClN3O3. The van der Waals surface area contributed by atoms with E-state index in [0.29, 0.717) is 22.6 Å². The van der Waals surface area contributed by atoms with Gasteiger partial charge in [0.15, 0.2) is 5.69 Å². The molecule has 0 spiro atoms. The molecule has 1 heterocycles. The molecule has 0 bridgehead atoms. The molecule has 1 aromatic heterocycles. The van der Waals surface area contributed by atoms with Crippen LogP contribution in [0.4, 0.5) is 10.5 Å². The summed E-state index contributed by atoms with van der Waals surface area (Å²) in [5.74, 6) is 0.664. The molecule has 0 fully saturated rings. The minimum Gasteiger partial charge on any atom is -1.00 e. The molecule has 0 atom stereocenters. The minimum absolute atomic E-state index is 0. The van der Waals surface area contributed by atoms with Crippen LogP contribution in [0.1, 0.15) is 12.7 Å². The Morgan fingerprint density at radius 3 is 2.60 bits per heavy atom. The van der Waals surface area contributed by atoms with Crippen LogP contribution in [0.15, 0.2) is 53.3 Å². The second-order valence-electron chi connectivity index (χ2n) is 5.26. The molecule has 0 aliphatic carbocycles. The SMILES string of the molecule is CCOC(=O)Nc1ccccc1-n1c(C)[nH+]c2ccccc2c1=O.[Cl-]. The Labute approximate surface area is 150 Å². The van der Waals surface area contributed by atoms with Crippen molar-refractivity contribution in [2.24, 2.45) is 0 Å². The summed E-state index contributed by atoms with van der Waals surface area (Å²) in [6.45, 7) is 3.82. The number of para-hydroxylation sites is 3. The summed E-state index contributed by atoms with van der Waals surface area (Å²) in [6, 6.07) is 14.4. The van der Waals surface area contributed by atoms with Gasteiger partial charge in [-0.1, -0.05) is 24.3 Å². The highest BCUT2D eigenvalue weighted by atomic mass is 35.5. The molecule has 2 N–H and O–H groups in total. The largest absolute Gasteiger partial charge is 1.00 e. The summed E-state index contributed by atoms with van der Waals surface area (Å²) in [6.07, 6.45) is -0.555. The fraction of sp³-hybridized carbons (Fsp3) is 0.167. The van der Waals surface area contributed by atoms with E-state index in [1.807, 2.05) is 31.2 Å². The summed E-state index contributed by atoms with van der Waals surface area (Å²) in [5, 5.41) is 3.26. The molecule has 0 unspecified atom stereocenters. The topological polar surface area (TPSA) is 74.5 Å². The number of aryl methyl sites for hydroxylation is 1. The fourth-order valence-corrected chi connectivity index (χ4v) is 2.64. The van der Waals surface area contributed by atoms with Gasteiger partial charge in [-0.15, -0.1) is 0 Å². The number of carbonyl (C=O) groups excluding carboxylic acids is 1. The standard InChI is InChI=1S/C18H17N3O3.ClH/c1-3-24-18(23)20-15-10-6-7-11-16(15)21-12(2)19-14-9-5-4-8-13(14)17(21)22;/h4-11H,3H2,1-2H3,(H,20,23);1H. The Bertz CT molecular complexity index is 969. The van der Waals surface area contributed by atoms with Crippen molar-refractivity contribution in [2.45, 2.75) is 13.8 Å². The zero-order chi connectivity index (χ0) is 17.1. The Morgan fingerprint density at radius 2 is 1.84 bits per heavy atom. The second kappa shape index (κ2) is 7.81. The number of hydrogen-bond acceptors (Lipinski definition) is 3. The first-order valence-electron chi connectivity index (χ1n) is 7.68. The van der Waals surface area contributed by atoms with Crippen LogP contribution in [-0.2, 0) is 4.74 Å². The molecule has 0 radical (unpaired) electrons. The summed E-state index contributed by atoms with van der Waals surface area (Å²) >= 11 is 0. The summed E-state index contributed by atoms with van der Waals surface area (Å²) < 4.78 is 6.47. The normalized spacial score (nSPS) is 10.2. The van der Waals surface area contributed by atoms with Gasteiger partial charge in [0.25, 0.3) is 5.82 Å². The summed E-state index contributed by atoms with van der Waals surface area (Å²) in [7, 11) is 0. The highest BCUT2D eigenvalue weighted by Gasteiger charge is 2.20. The maximum atomic E-state index is 12.9. The first-order valence-corrected chi connectivity index (χ1v) is 7.68. The zero-order valence-corrected chi connectivity index (χ0v) is 14.6. The van der Waals surface area contributed by atoms with Gasteiger partial charge in [-0.2, -0.15) is 4.57 Å². The van der Waals surface area contributed by atoms with E-state index in [9.17, 15) is 9.59 Å². The summed E-state index contributed by atoms with van der Waals surface area (Å²) in [5.41, 5.74) is 1.70. The monoisotopic (exact) mass is 359 g/mol. The van der Waals surface area contributed by atoms with E-state index >= 15 is 0 Å². The first kappa shape index (κ1) is 18.5. The first-order chi connectivity index (χ1) is 11.6. The van der Waals surface area contributed by atoms with Crippen molar-refractivity contribution in [2.75, 3.05) is 11.9 Å². The van der Waals surface area contributed by atoms with Gasteiger partial charge in [0.2, 0.25) is 0 Å². The molecule has 3 aromatic rings. The lowest BCUT2D eigenvalue weighted by molar-refractivity contribution is -0.362. The van der Waals surface area contributed by atoms with Gasteiger partial charge in [0.05, 0.1) is 12.3 Å². The lowest BCUT2D eigenvalue weighted by atomic mass is 10.2. The lowest BCUT2D eigenvalue weighted by Gasteiger charge is -2.10. The van der Waals surface area contributed by atoms with Crippen molar-refractivity contribution in [3.8, 4) is 5.69 Å². The Kier molecular flexibility index (Phi) is 5.77. The van der Waals surface area contributed by atoms with Crippen LogP contribution in [0.25, 0.3) is 16.6 Å². The zero-order valence-electron chi connectivity index (χ0n) is 13.9. The average molecular weight is 360 g/mol. The van der Waals surface area contributed by atoms with Crippen LogP contribution in [0.5, 0.6) is 0 Å². The summed E-state index contributed by atoms with van der Waals surface area (Å²) in [4.78, 5) is 27.9. The lowest BCUT2D eigenvalue weighted by Crippen LogP contribution is -3.00. The van der Waals surface area contributed by atoms with Crippen LogP contribution in [0, 0.1) is 6.92 Å². The van der Waals surface area contributed by atoms with E-state index in [1.165, 1.54) is 0 Å². The Hall–Kier alpha value is -2.86. The molecule has 0 aliphatic heterocycles. The Balaban J connectivity index is 0.00000225. The molecule has 25 heavy (non-hydrogen) atoms. The van der Waals surface area contributed by atoms with Gasteiger partial charge in [-0.3, -0.25) is 5.32 Å². The van der Waals surface area contributed by atoms with E-state index in [-0.39, 0.29) is 24.6 Å². The highest BCUT2D eigenvalue weighted by Crippen LogP contribution is 2.20. The number of nitrogens with one attached hydrogen (secondary N) is 2. The molecule has 7 heteroatoms. The third kappa shape index (κ3) is 3.64.